The van der Waals surface area contributed by atoms with Gasteiger partial charge < -0.3 is 15.1 Å². The van der Waals surface area contributed by atoms with Crippen molar-refractivity contribution in [2.45, 2.75) is 19.9 Å². The summed E-state index contributed by atoms with van der Waals surface area (Å²) in [6.07, 6.45) is 1.56. The average Bonchev–Trinajstić information content (AvgIpc) is 2.93. The molecule has 0 unspecified atom stereocenters. The molecular weight excluding hydrogens is 542 g/mol. The summed E-state index contributed by atoms with van der Waals surface area (Å²) < 4.78 is 2.70. The lowest BCUT2D eigenvalue weighted by Gasteiger charge is -2.48. The van der Waals surface area contributed by atoms with E-state index in [1.54, 1.807) is 26.2 Å². The number of halogens is 1. The minimum atomic E-state index is -0.415. The van der Waals surface area contributed by atoms with Gasteiger partial charge in [0.05, 0.1) is 16.1 Å². The number of benzene rings is 2. The molecule has 12 heteroatoms. The molecule has 0 atom stereocenters. The normalized spacial score (nSPS) is 16.2. The Morgan fingerprint density at radius 3 is 2.44 bits per heavy atom. The van der Waals surface area contributed by atoms with E-state index in [-0.39, 0.29) is 11.4 Å². The second-order valence-corrected chi connectivity index (χ2v) is 11.0. The number of hydrogen-bond acceptors (Lipinski definition) is 8. The lowest BCUT2D eigenvalue weighted by Crippen LogP contribution is -2.63. The Morgan fingerprint density at radius 1 is 1.07 bits per heavy atom. The van der Waals surface area contributed by atoms with Gasteiger partial charge in [0.25, 0.3) is 0 Å². The summed E-state index contributed by atoms with van der Waals surface area (Å²) in [5, 5.41) is 12.8. The van der Waals surface area contributed by atoms with Crippen LogP contribution < -0.4 is 21.4 Å². The molecule has 2 aliphatic rings. The van der Waals surface area contributed by atoms with Crippen molar-refractivity contribution in [2.24, 2.45) is 7.05 Å². The number of likely N-dealkylation sites (tertiary alicyclic amines) is 1. The highest BCUT2D eigenvalue weighted by molar-refractivity contribution is 6.32. The maximum absolute atomic E-state index is 13.3. The first kappa shape index (κ1) is 27.0. The highest BCUT2D eigenvalue weighted by atomic mass is 35.5. The highest BCUT2D eigenvalue weighted by Gasteiger charge is 2.34. The Morgan fingerprint density at radius 2 is 1.78 bits per heavy atom. The van der Waals surface area contributed by atoms with Crippen LogP contribution in [0.5, 0.6) is 0 Å². The molecule has 2 N–H and O–H groups in total. The largest absolute Gasteiger partial charge is 0.369 e. The molecule has 2 aliphatic heterocycles. The van der Waals surface area contributed by atoms with Gasteiger partial charge in [0.15, 0.2) is 5.65 Å². The van der Waals surface area contributed by atoms with E-state index in [0.29, 0.717) is 33.7 Å². The molecule has 41 heavy (non-hydrogen) atoms. The number of carbonyl (C=O) groups excluding carboxylic acids is 1. The summed E-state index contributed by atoms with van der Waals surface area (Å²) in [5.74, 6) is 0.490. The van der Waals surface area contributed by atoms with Crippen molar-refractivity contribution in [3.8, 4) is 5.69 Å². The zero-order valence-corrected chi connectivity index (χ0v) is 24.0. The molecule has 4 aromatic rings. The zero-order chi connectivity index (χ0) is 28.8. The smallest absolute Gasteiger partial charge is 0.335 e. The number of anilines is 3. The molecule has 0 spiro atoms. The van der Waals surface area contributed by atoms with Crippen molar-refractivity contribution < 1.29 is 4.79 Å². The molecule has 2 aromatic heterocycles. The Kier molecular flexibility index (Phi) is 7.00. The van der Waals surface area contributed by atoms with Crippen LogP contribution in [-0.2, 0) is 11.8 Å². The Balaban J connectivity index is 1.17. The van der Waals surface area contributed by atoms with Crippen LogP contribution in [0, 0.1) is 12.3 Å². The number of hydrogen-bond donors (Lipinski definition) is 2. The fourth-order valence-electron chi connectivity index (χ4n) is 5.60. The molecule has 4 heterocycles. The van der Waals surface area contributed by atoms with Crippen LogP contribution in [0.2, 0.25) is 5.02 Å². The number of fused-ring (bicyclic) bond motifs is 1. The van der Waals surface area contributed by atoms with Gasteiger partial charge in [0.1, 0.15) is 5.49 Å². The SMILES string of the molecule is CC(=O)N1CC(N2CCN(c3ccc(Nc4ncc5c(=N)n(-c6c(C)cccc6Cl)c(=O)n(C)c5n4)cc3)CC2)C1. The predicted octanol–water partition coefficient (Wildman–Crippen LogP) is 2.66. The topological polar surface area (TPSA) is 115 Å². The fraction of sp³-hybridized carbons (Fsp3) is 0.345. The van der Waals surface area contributed by atoms with E-state index in [4.69, 9.17) is 17.0 Å². The summed E-state index contributed by atoms with van der Waals surface area (Å²) in [4.78, 5) is 40.6. The van der Waals surface area contributed by atoms with Crippen LogP contribution in [0.1, 0.15) is 12.5 Å². The van der Waals surface area contributed by atoms with Crippen LogP contribution in [0.25, 0.3) is 16.7 Å². The van der Waals surface area contributed by atoms with Crippen molar-refractivity contribution in [1.82, 2.24) is 28.9 Å². The van der Waals surface area contributed by atoms with Gasteiger partial charge in [-0.1, -0.05) is 23.7 Å². The third-order valence-electron chi connectivity index (χ3n) is 8.08. The monoisotopic (exact) mass is 573 g/mol. The number of amides is 1. The Bertz CT molecular complexity index is 1730. The van der Waals surface area contributed by atoms with Crippen LogP contribution in [-0.4, -0.2) is 80.1 Å². The van der Waals surface area contributed by atoms with Gasteiger partial charge in [-0.25, -0.2) is 14.3 Å². The van der Waals surface area contributed by atoms with Crippen LogP contribution in [0.3, 0.4) is 0 Å². The minimum Gasteiger partial charge on any atom is -0.369 e. The standard InChI is InChI=1S/C29H32ClN9O2/c1-18-5-4-6-24(30)25(18)39-26(31)23-15-32-28(34-27(23)35(3)29(39)41)33-20-7-9-21(10-8-20)36-11-13-37(14-12-36)22-16-38(17-22)19(2)40/h4-10,15,22,31H,11-14,16-17H2,1-3H3,(H,32,33,34). The summed E-state index contributed by atoms with van der Waals surface area (Å²) >= 11 is 6.42. The third kappa shape index (κ3) is 4.95. The van der Waals surface area contributed by atoms with E-state index in [2.05, 4.69) is 37.2 Å². The lowest BCUT2D eigenvalue weighted by atomic mass is 10.1. The van der Waals surface area contributed by atoms with Gasteiger partial charge in [0.2, 0.25) is 11.9 Å². The maximum Gasteiger partial charge on any atom is 0.335 e. The highest BCUT2D eigenvalue weighted by Crippen LogP contribution is 2.25. The molecule has 212 valence electrons. The molecule has 2 aromatic carbocycles. The first-order valence-electron chi connectivity index (χ1n) is 13.6. The molecule has 11 nitrogen and oxygen atoms in total. The van der Waals surface area contributed by atoms with Gasteiger partial charge >= 0.3 is 5.69 Å². The number of aryl methyl sites for hydroxylation is 2. The van der Waals surface area contributed by atoms with Crippen LogP contribution >= 0.6 is 11.6 Å². The lowest BCUT2D eigenvalue weighted by molar-refractivity contribution is -0.136. The summed E-state index contributed by atoms with van der Waals surface area (Å²) in [5.41, 5.74) is 3.15. The fourth-order valence-corrected chi connectivity index (χ4v) is 5.91. The van der Waals surface area contributed by atoms with Crippen molar-refractivity contribution in [3.05, 3.63) is 75.2 Å². The van der Waals surface area contributed by atoms with Gasteiger partial charge in [-0.05, 0) is 42.8 Å². The van der Waals surface area contributed by atoms with E-state index in [0.717, 1.165) is 56.2 Å². The second kappa shape index (κ2) is 10.6. The number of para-hydroxylation sites is 1. The molecule has 2 saturated heterocycles. The van der Waals surface area contributed by atoms with Crippen molar-refractivity contribution >= 4 is 45.9 Å². The Hall–Kier alpha value is -4.22. The molecule has 0 bridgehead atoms. The summed E-state index contributed by atoms with van der Waals surface area (Å²) in [6, 6.07) is 14.0. The van der Waals surface area contributed by atoms with E-state index in [9.17, 15) is 9.59 Å². The average molecular weight is 574 g/mol. The molecule has 0 aliphatic carbocycles. The number of aromatic nitrogens is 4. The first-order valence-corrected chi connectivity index (χ1v) is 14.0. The summed E-state index contributed by atoms with van der Waals surface area (Å²) in [6.45, 7) is 9.00. The van der Waals surface area contributed by atoms with Crippen molar-refractivity contribution in [3.63, 3.8) is 0 Å². The number of rotatable bonds is 5. The number of nitrogens with zero attached hydrogens (tertiary/aromatic N) is 7. The van der Waals surface area contributed by atoms with Gasteiger partial charge in [-0.3, -0.25) is 19.7 Å². The van der Waals surface area contributed by atoms with Crippen LogP contribution in [0.4, 0.5) is 17.3 Å². The molecule has 2 fully saturated rings. The van der Waals surface area contributed by atoms with E-state index >= 15 is 0 Å². The number of piperazine rings is 1. The molecule has 0 radical (unpaired) electrons. The zero-order valence-electron chi connectivity index (χ0n) is 23.3. The van der Waals surface area contributed by atoms with Gasteiger partial charge in [0, 0.05) is 76.9 Å². The predicted molar refractivity (Wildman–Crippen MR) is 159 cm³/mol. The second-order valence-electron chi connectivity index (χ2n) is 10.6. The quantitative estimate of drug-likeness (QED) is 0.377. The summed E-state index contributed by atoms with van der Waals surface area (Å²) in [7, 11) is 1.63. The van der Waals surface area contributed by atoms with E-state index < -0.39 is 5.69 Å². The maximum atomic E-state index is 13.3. The van der Waals surface area contributed by atoms with Crippen LogP contribution in [0.15, 0.2) is 53.5 Å². The van der Waals surface area contributed by atoms with Gasteiger partial charge in [-0.2, -0.15) is 4.98 Å². The first-order chi connectivity index (χ1) is 19.7. The Labute approximate surface area is 242 Å². The molecule has 1 amide bonds. The molecule has 6 rings (SSSR count). The minimum absolute atomic E-state index is 0.0243. The molecule has 0 saturated carbocycles. The van der Waals surface area contributed by atoms with Crippen molar-refractivity contribution in [1.29, 1.82) is 5.41 Å². The van der Waals surface area contributed by atoms with E-state index in [1.165, 1.54) is 9.13 Å². The van der Waals surface area contributed by atoms with Gasteiger partial charge in [-0.15, -0.1) is 0 Å². The van der Waals surface area contributed by atoms with E-state index in [1.807, 2.05) is 36.1 Å². The molecular formula is C29H32ClN9O2. The number of carbonyl (C=O) groups is 1. The van der Waals surface area contributed by atoms with Crippen molar-refractivity contribution in [2.75, 3.05) is 49.5 Å². The third-order valence-corrected chi connectivity index (χ3v) is 8.39. The number of nitrogens with one attached hydrogen (secondary N) is 2.